The van der Waals surface area contributed by atoms with E-state index in [-0.39, 0.29) is 0 Å². The van der Waals surface area contributed by atoms with E-state index in [0.29, 0.717) is 6.04 Å². The maximum atomic E-state index is 5.52. The SMILES string of the molecule is COc1ccc(CN2CCC(Nc3cccc(C)c3)CC2)c(OC)c1. The zero-order valence-corrected chi connectivity index (χ0v) is 15.4. The van der Waals surface area contributed by atoms with Crippen LogP contribution in [-0.2, 0) is 6.54 Å². The molecule has 1 N–H and O–H groups in total. The van der Waals surface area contributed by atoms with E-state index in [0.717, 1.165) is 44.0 Å². The third-order valence-electron chi connectivity index (χ3n) is 4.86. The summed E-state index contributed by atoms with van der Waals surface area (Å²) in [5.41, 5.74) is 3.75. The van der Waals surface area contributed by atoms with Gasteiger partial charge in [-0.1, -0.05) is 18.2 Å². The largest absolute Gasteiger partial charge is 0.497 e. The zero-order chi connectivity index (χ0) is 17.6. The molecule has 0 spiro atoms. The van der Waals surface area contributed by atoms with Crippen LogP contribution in [0.4, 0.5) is 5.69 Å². The van der Waals surface area contributed by atoms with Gasteiger partial charge in [0.05, 0.1) is 14.2 Å². The zero-order valence-electron chi connectivity index (χ0n) is 15.4. The van der Waals surface area contributed by atoms with Crippen LogP contribution in [0.3, 0.4) is 0 Å². The molecule has 1 heterocycles. The van der Waals surface area contributed by atoms with Gasteiger partial charge in [-0.05, 0) is 43.5 Å². The van der Waals surface area contributed by atoms with E-state index in [1.54, 1.807) is 14.2 Å². The summed E-state index contributed by atoms with van der Waals surface area (Å²) >= 11 is 0. The summed E-state index contributed by atoms with van der Waals surface area (Å²) in [4.78, 5) is 2.50. The van der Waals surface area contributed by atoms with Crippen LogP contribution in [0.1, 0.15) is 24.0 Å². The van der Waals surface area contributed by atoms with Gasteiger partial charge in [0.25, 0.3) is 0 Å². The Hall–Kier alpha value is -2.20. The molecule has 25 heavy (non-hydrogen) atoms. The maximum absolute atomic E-state index is 5.52. The first-order valence-electron chi connectivity index (χ1n) is 8.94. The number of hydrogen-bond donors (Lipinski definition) is 1. The topological polar surface area (TPSA) is 33.7 Å². The minimum absolute atomic E-state index is 0.552. The van der Waals surface area contributed by atoms with Gasteiger partial charge in [-0.2, -0.15) is 0 Å². The minimum Gasteiger partial charge on any atom is -0.497 e. The molecule has 0 atom stereocenters. The normalized spacial score (nSPS) is 15.8. The van der Waals surface area contributed by atoms with Gasteiger partial charge < -0.3 is 14.8 Å². The lowest BCUT2D eigenvalue weighted by Gasteiger charge is -2.33. The maximum Gasteiger partial charge on any atom is 0.127 e. The quantitative estimate of drug-likeness (QED) is 0.859. The van der Waals surface area contributed by atoms with Crippen molar-refractivity contribution >= 4 is 5.69 Å². The first-order valence-corrected chi connectivity index (χ1v) is 8.94. The Kier molecular flexibility index (Phi) is 5.82. The van der Waals surface area contributed by atoms with E-state index in [1.807, 2.05) is 12.1 Å². The van der Waals surface area contributed by atoms with E-state index < -0.39 is 0 Å². The fraction of sp³-hybridized carbons (Fsp3) is 0.429. The van der Waals surface area contributed by atoms with Crippen LogP contribution in [0.5, 0.6) is 11.5 Å². The molecule has 4 nitrogen and oxygen atoms in total. The molecule has 2 aromatic carbocycles. The predicted molar refractivity (Wildman–Crippen MR) is 103 cm³/mol. The van der Waals surface area contributed by atoms with Crippen LogP contribution in [-0.4, -0.2) is 38.3 Å². The number of hydrogen-bond acceptors (Lipinski definition) is 4. The predicted octanol–water partition coefficient (Wildman–Crippen LogP) is 4.09. The number of piperidine rings is 1. The molecule has 4 heteroatoms. The summed E-state index contributed by atoms with van der Waals surface area (Å²) in [6.07, 6.45) is 2.32. The molecule has 134 valence electrons. The van der Waals surface area contributed by atoms with E-state index in [2.05, 4.69) is 47.5 Å². The number of ether oxygens (including phenoxy) is 2. The lowest BCUT2D eigenvalue weighted by Crippen LogP contribution is -2.38. The highest BCUT2D eigenvalue weighted by Crippen LogP contribution is 2.27. The van der Waals surface area contributed by atoms with Crippen molar-refractivity contribution in [1.82, 2.24) is 4.90 Å². The van der Waals surface area contributed by atoms with Crippen molar-refractivity contribution in [3.63, 3.8) is 0 Å². The van der Waals surface area contributed by atoms with Gasteiger partial charge in [-0.25, -0.2) is 0 Å². The van der Waals surface area contributed by atoms with Crippen molar-refractivity contribution in [2.45, 2.75) is 32.4 Å². The molecular weight excluding hydrogens is 312 g/mol. The molecule has 0 aromatic heterocycles. The second kappa shape index (κ2) is 8.26. The van der Waals surface area contributed by atoms with Gasteiger partial charge in [-0.15, -0.1) is 0 Å². The van der Waals surface area contributed by atoms with Crippen LogP contribution in [0.15, 0.2) is 42.5 Å². The fourth-order valence-corrected chi connectivity index (χ4v) is 3.43. The van der Waals surface area contributed by atoms with Crippen molar-refractivity contribution in [3.05, 3.63) is 53.6 Å². The van der Waals surface area contributed by atoms with Crippen LogP contribution >= 0.6 is 0 Å². The van der Waals surface area contributed by atoms with Crippen LogP contribution in [0.25, 0.3) is 0 Å². The van der Waals surface area contributed by atoms with E-state index in [1.165, 1.54) is 16.8 Å². The third kappa shape index (κ3) is 4.67. The third-order valence-corrected chi connectivity index (χ3v) is 4.86. The Morgan fingerprint density at radius 2 is 1.84 bits per heavy atom. The Labute approximate surface area is 150 Å². The number of rotatable bonds is 6. The molecule has 0 aliphatic carbocycles. The average molecular weight is 340 g/mol. The van der Waals surface area contributed by atoms with Gasteiger partial charge >= 0.3 is 0 Å². The van der Waals surface area contributed by atoms with Gasteiger partial charge in [0, 0.05) is 43.0 Å². The Balaban J connectivity index is 1.54. The Morgan fingerprint density at radius 3 is 2.52 bits per heavy atom. The lowest BCUT2D eigenvalue weighted by molar-refractivity contribution is 0.209. The van der Waals surface area contributed by atoms with Crippen molar-refractivity contribution in [2.75, 3.05) is 32.6 Å². The molecule has 1 aliphatic heterocycles. The summed E-state index contributed by atoms with van der Waals surface area (Å²) in [5, 5.41) is 3.68. The molecule has 0 bridgehead atoms. The van der Waals surface area contributed by atoms with Crippen LogP contribution in [0.2, 0.25) is 0 Å². The average Bonchev–Trinajstić information content (AvgIpc) is 2.63. The number of methoxy groups -OCH3 is 2. The van der Waals surface area contributed by atoms with E-state index in [9.17, 15) is 0 Å². The highest BCUT2D eigenvalue weighted by molar-refractivity contribution is 5.46. The van der Waals surface area contributed by atoms with Gasteiger partial charge in [0.2, 0.25) is 0 Å². The van der Waals surface area contributed by atoms with Gasteiger partial charge in [0.15, 0.2) is 0 Å². The Bertz CT molecular complexity index is 694. The molecule has 1 aliphatic rings. The van der Waals surface area contributed by atoms with E-state index in [4.69, 9.17) is 9.47 Å². The summed E-state index contributed by atoms with van der Waals surface area (Å²) in [6.45, 7) is 5.25. The summed E-state index contributed by atoms with van der Waals surface area (Å²) < 4.78 is 10.8. The van der Waals surface area contributed by atoms with Crippen molar-refractivity contribution in [3.8, 4) is 11.5 Å². The molecule has 0 amide bonds. The number of benzene rings is 2. The first-order chi connectivity index (χ1) is 12.2. The highest BCUT2D eigenvalue weighted by atomic mass is 16.5. The van der Waals surface area contributed by atoms with Crippen molar-refractivity contribution in [1.29, 1.82) is 0 Å². The lowest BCUT2D eigenvalue weighted by atomic mass is 10.0. The molecule has 0 radical (unpaired) electrons. The number of nitrogens with one attached hydrogen (secondary N) is 1. The Morgan fingerprint density at radius 1 is 1.04 bits per heavy atom. The number of aryl methyl sites for hydroxylation is 1. The van der Waals surface area contributed by atoms with Crippen molar-refractivity contribution in [2.24, 2.45) is 0 Å². The number of nitrogens with zero attached hydrogens (tertiary/aromatic N) is 1. The highest BCUT2D eigenvalue weighted by Gasteiger charge is 2.20. The minimum atomic E-state index is 0.552. The summed E-state index contributed by atoms with van der Waals surface area (Å²) in [5.74, 6) is 1.74. The summed E-state index contributed by atoms with van der Waals surface area (Å²) in [7, 11) is 3.40. The molecule has 2 aromatic rings. The number of anilines is 1. The first kappa shape index (κ1) is 17.6. The summed E-state index contributed by atoms with van der Waals surface area (Å²) in [6, 6.07) is 15.2. The second-order valence-electron chi connectivity index (χ2n) is 6.74. The molecule has 1 fully saturated rings. The van der Waals surface area contributed by atoms with Crippen LogP contribution in [0, 0.1) is 6.92 Å². The smallest absolute Gasteiger partial charge is 0.127 e. The second-order valence-corrected chi connectivity index (χ2v) is 6.74. The standard InChI is InChI=1S/C21H28N2O2/c1-16-5-4-6-19(13-16)22-18-9-11-23(12-10-18)15-17-7-8-20(24-2)14-21(17)25-3/h4-8,13-14,18,22H,9-12,15H2,1-3H3. The molecular formula is C21H28N2O2. The van der Waals surface area contributed by atoms with E-state index >= 15 is 0 Å². The number of likely N-dealkylation sites (tertiary alicyclic amines) is 1. The van der Waals surface area contributed by atoms with Crippen LogP contribution < -0.4 is 14.8 Å². The monoisotopic (exact) mass is 340 g/mol. The molecule has 0 unspecified atom stereocenters. The van der Waals surface area contributed by atoms with Gasteiger partial charge in [0.1, 0.15) is 11.5 Å². The molecule has 0 saturated carbocycles. The molecule has 1 saturated heterocycles. The van der Waals surface area contributed by atoms with Gasteiger partial charge in [-0.3, -0.25) is 4.90 Å². The van der Waals surface area contributed by atoms with Crippen molar-refractivity contribution < 1.29 is 9.47 Å². The molecule has 3 rings (SSSR count). The fourth-order valence-electron chi connectivity index (χ4n) is 3.43.